The molecule has 2 heterocycles. The van der Waals surface area contributed by atoms with Gasteiger partial charge >= 0.3 is 0 Å². The highest BCUT2D eigenvalue weighted by Gasteiger charge is 2.11. The number of nitrogens with one attached hydrogen (secondary N) is 1. The van der Waals surface area contributed by atoms with Gasteiger partial charge in [0.2, 0.25) is 5.95 Å². The topological polar surface area (TPSA) is 68.5 Å². The van der Waals surface area contributed by atoms with Crippen molar-refractivity contribution in [3.05, 3.63) is 18.5 Å². The Kier molecular flexibility index (Phi) is 3.09. The highest BCUT2D eigenvalue weighted by atomic mass is 15.3. The van der Waals surface area contributed by atoms with Crippen LogP contribution in [0.4, 0.5) is 5.95 Å². The summed E-state index contributed by atoms with van der Waals surface area (Å²) in [5.41, 5.74) is 0.925. The van der Waals surface area contributed by atoms with Gasteiger partial charge in [0.15, 0.2) is 5.82 Å². The molecule has 0 aliphatic rings. The lowest BCUT2D eigenvalue weighted by atomic mass is 10.3. The highest BCUT2D eigenvalue weighted by Crippen LogP contribution is 2.18. The molecule has 6 nitrogen and oxygen atoms in total. The Morgan fingerprint density at radius 3 is 2.75 bits per heavy atom. The van der Waals surface area contributed by atoms with Crippen molar-refractivity contribution in [2.75, 3.05) is 11.9 Å². The van der Waals surface area contributed by atoms with E-state index in [1.54, 1.807) is 12.4 Å². The third-order valence-electron chi connectivity index (χ3n) is 2.24. The van der Waals surface area contributed by atoms with Gasteiger partial charge < -0.3 is 5.32 Å². The number of hydrogen-bond acceptors (Lipinski definition) is 5. The summed E-state index contributed by atoms with van der Waals surface area (Å²) in [6.07, 6.45) is 3.34. The zero-order chi connectivity index (χ0) is 11.4. The maximum atomic E-state index is 4.16. The lowest BCUT2D eigenvalue weighted by molar-refractivity contribution is 0.769. The largest absolute Gasteiger partial charge is 0.355 e. The van der Waals surface area contributed by atoms with Crippen molar-refractivity contribution in [1.82, 2.24) is 25.0 Å². The predicted molar refractivity (Wildman–Crippen MR) is 60.9 cm³/mol. The van der Waals surface area contributed by atoms with Gasteiger partial charge in [-0.05, 0) is 19.9 Å². The van der Waals surface area contributed by atoms with Gasteiger partial charge in [-0.2, -0.15) is 10.2 Å². The zero-order valence-corrected chi connectivity index (χ0v) is 9.38. The summed E-state index contributed by atoms with van der Waals surface area (Å²) >= 11 is 0. The molecule has 1 N–H and O–H groups in total. The van der Waals surface area contributed by atoms with Crippen molar-refractivity contribution >= 4 is 5.95 Å². The monoisotopic (exact) mass is 218 g/mol. The van der Waals surface area contributed by atoms with E-state index in [1.165, 1.54) is 0 Å². The van der Waals surface area contributed by atoms with Crippen molar-refractivity contribution in [3.63, 3.8) is 0 Å². The van der Waals surface area contributed by atoms with E-state index in [0.717, 1.165) is 30.4 Å². The minimum atomic E-state index is 0.789. The van der Waals surface area contributed by atoms with Crippen LogP contribution in [0.25, 0.3) is 11.4 Å². The van der Waals surface area contributed by atoms with Crippen LogP contribution in [0.3, 0.4) is 0 Å². The van der Waals surface area contributed by atoms with E-state index in [-0.39, 0.29) is 0 Å². The number of anilines is 1. The molecule has 0 aliphatic carbocycles. The molecule has 0 atom stereocenters. The normalized spacial score (nSPS) is 10.4. The fraction of sp³-hybridized carbons (Fsp3) is 0.400. The van der Waals surface area contributed by atoms with Crippen molar-refractivity contribution in [1.29, 1.82) is 0 Å². The minimum Gasteiger partial charge on any atom is -0.355 e. The van der Waals surface area contributed by atoms with Gasteiger partial charge in [0.25, 0.3) is 0 Å². The van der Waals surface area contributed by atoms with E-state index in [1.807, 2.05) is 17.6 Å². The molecule has 0 aliphatic heterocycles. The molecule has 2 rings (SSSR count). The second-order valence-corrected chi connectivity index (χ2v) is 3.25. The standard InChI is InChI=1S/C10H14N6/c1-3-11-10-15-14-9(16(10)4-2)8-5-6-12-13-7-8/h5-7H,3-4H2,1-2H3,(H,11,15). The van der Waals surface area contributed by atoms with Crippen LogP contribution in [-0.4, -0.2) is 31.5 Å². The predicted octanol–water partition coefficient (Wildman–Crippen LogP) is 1.19. The summed E-state index contributed by atoms with van der Waals surface area (Å²) < 4.78 is 2.01. The van der Waals surface area contributed by atoms with E-state index in [2.05, 4.69) is 32.6 Å². The molecular formula is C10H14N6. The van der Waals surface area contributed by atoms with E-state index >= 15 is 0 Å². The van der Waals surface area contributed by atoms with Gasteiger partial charge in [-0.25, -0.2) is 0 Å². The van der Waals surface area contributed by atoms with Crippen LogP contribution in [0.1, 0.15) is 13.8 Å². The van der Waals surface area contributed by atoms with Gasteiger partial charge in [-0.1, -0.05) is 0 Å². The van der Waals surface area contributed by atoms with Crippen LogP contribution in [0.15, 0.2) is 18.5 Å². The molecule has 16 heavy (non-hydrogen) atoms. The molecule has 0 saturated heterocycles. The Labute approximate surface area is 93.7 Å². The van der Waals surface area contributed by atoms with Crippen molar-refractivity contribution in [2.24, 2.45) is 0 Å². The maximum absolute atomic E-state index is 4.16. The van der Waals surface area contributed by atoms with Crippen LogP contribution in [0.5, 0.6) is 0 Å². The molecule has 0 bridgehead atoms. The van der Waals surface area contributed by atoms with Gasteiger partial charge in [0.05, 0.1) is 12.4 Å². The molecule has 2 aromatic heterocycles. The SMILES string of the molecule is CCNc1nnc(-c2ccnnc2)n1CC. The number of nitrogens with zero attached hydrogens (tertiary/aromatic N) is 5. The Bertz CT molecular complexity index is 450. The number of aromatic nitrogens is 5. The lowest BCUT2D eigenvalue weighted by Gasteiger charge is -2.07. The quantitative estimate of drug-likeness (QED) is 0.834. The van der Waals surface area contributed by atoms with Crippen LogP contribution in [0.2, 0.25) is 0 Å². The fourth-order valence-corrected chi connectivity index (χ4v) is 1.53. The summed E-state index contributed by atoms with van der Waals surface area (Å²) in [5, 5.41) is 19.0. The van der Waals surface area contributed by atoms with Crippen LogP contribution in [-0.2, 0) is 6.54 Å². The summed E-state index contributed by atoms with van der Waals surface area (Å²) in [6, 6.07) is 1.87. The van der Waals surface area contributed by atoms with Gasteiger partial charge in [-0.3, -0.25) is 4.57 Å². The van der Waals surface area contributed by atoms with E-state index in [0.29, 0.717) is 0 Å². The molecule has 0 spiro atoms. The molecule has 2 aromatic rings. The minimum absolute atomic E-state index is 0.789. The van der Waals surface area contributed by atoms with Crippen LogP contribution >= 0.6 is 0 Å². The summed E-state index contributed by atoms with van der Waals surface area (Å²) in [5.74, 6) is 1.60. The zero-order valence-electron chi connectivity index (χ0n) is 9.38. The molecule has 0 saturated carbocycles. The molecule has 0 unspecified atom stereocenters. The first-order valence-corrected chi connectivity index (χ1v) is 5.31. The lowest BCUT2D eigenvalue weighted by Crippen LogP contribution is -2.06. The number of rotatable bonds is 4. The molecule has 0 aromatic carbocycles. The summed E-state index contributed by atoms with van der Waals surface area (Å²) in [7, 11) is 0. The van der Waals surface area contributed by atoms with Crippen LogP contribution in [0, 0.1) is 0 Å². The van der Waals surface area contributed by atoms with Crippen molar-refractivity contribution < 1.29 is 0 Å². The molecular weight excluding hydrogens is 204 g/mol. The fourth-order valence-electron chi connectivity index (χ4n) is 1.53. The molecule has 0 amide bonds. The summed E-state index contributed by atoms with van der Waals surface area (Å²) in [4.78, 5) is 0. The van der Waals surface area contributed by atoms with Crippen LogP contribution < -0.4 is 5.32 Å². The second kappa shape index (κ2) is 4.69. The van der Waals surface area contributed by atoms with Crippen molar-refractivity contribution in [3.8, 4) is 11.4 Å². The van der Waals surface area contributed by atoms with E-state index < -0.39 is 0 Å². The average molecular weight is 218 g/mol. The van der Waals surface area contributed by atoms with E-state index in [9.17, 15) is 0 Å². The number of hydrogen-bond donors (Lipinski definition) is 1. The summed E-state index contributed by atoms with van der Waals surface area (Å²) in [6.45, 7) is 5.73. The van der Waals surface area contributed by atoms with E-state index in [4.69, 9.17) is 0 Å². The third kappa shape index (κ3) is 1.86. The second-order valence-electron chi connectivity index (χ2n) is 3.25. The molecule has 84 valence electrons. The molecule has 0 fully saturated rings. The Morgan fingerprint density at radius 2 is 2.12 bits per heavy atom. The van der Waals surface area contributed by atoms with Crippen molar-refractivity contribution in [2.45, 2.75) is 20.4 Å². The molecule has 6 heteroatoms. The van der Waals surface area contributed by atoms with Gasteiger partial charge in [0.1, 0.15) is 0 Å². The Morgan fingerprint density at radius 1 is 1.25 bits per heavy atom. The Balaban J connectivity index is 2.42. The first kappa shape index (κ1) is 10.5. The maximum Gasteiger partial charge on any atom is 0.224 e. The van der Waals surface area contributed by atoms with Gasteiger partial charge in [-0.15, -0.1) is 10.2 Å². The molecule has 0 radical (unpaired) electrons. The average Bonchev–Trinajstić information content (AvgIpc) is 2.73. The first-order valence-electron chi connectivity index (χ1n) is 5.31. The van der Waals surface area contributed by atoms with Gasteiger partial charge in [0, 0.05) is 18.7 Å². The smallest absolute Gasteiger partial charge is 0.224 e. The Hall–Kier alpha value is -1.98. The first-order chi connectivity index (χ1) is 7.86. The highest BCUT2D eigenvalue weighted by molar-refractivity contribution is 5.55. The third-order valence-corrected chi connectivity index (χ3v) is 2.24.